The van der Waals surface area contributed by atoms with Crippen molar-refractivity contribution in [2.45, 2.75) is 26.3 Å². The summed E-state index contributed by atoms with van der Waals surface area (Å²) in [5, 5.41) is 11.3. The second-order valence-electron chi connectivity index (χ2n) is 2.98. The van der Waals surface area contributed by atoms with Gasteiger partial charge in [-0.15, -0.1) is 0 Å². The summed E-state index contributed by atoms with van der Waals surface area (Å²) in [6.07, 6.45) is 0. The Morgan fingerprint density at radius 1 is 1.44 bits per heavy atom. The molecule has 0 rings (SSSR count). The van der Waals surface area contributed by atoms with Crippen LogP contribution in [0.1, 0.15) is 20.8 Å². The minimum atomic E-state index is -0.131. The first-order valence-corrected chi connectivity index (χ1v) is 4.13. The molecule has 2 nitrogen and oxygen atoms in total. The van der Waals surface area contributed by atoms with E-state index in [0.29, 0.717) is 6.54 Å². The predicted molar refractivity (Wildman–Crippen MR) is 42.0 cm³/mol. The van der Waals surface area contributed by atoms with E-state index in [2.05, 4.69) is 15.9 Å². The zero-order valence-corrected chi connectivity index (χ0v) is 7.77. The number of nitrogens with zero attached hydrogens (tertiary/aromatic N) is 1. The first kappa shape index (κ1) is 9.40. The monoisotopic (exact) mass is 195 g/mol. The molecular weight excluding hydrogens is 182 g/mol. The molecule has 0 aromatic rings. The van der Waals surface area contributed by atoms with Crippen LogP contribution in [0.15, 0.2) is 0 Å². The Bertz CT molecular complexity index is 79.6. The largest absolute Gasteiger partial charge is 0.313 e. The van der Waals surface area contributed by atoms with Crippen molar-refractivity contribution in [2.75, 3.05) is 11.9 Å². The van der Waals surface area contributed by atoms with E-state index in [9.17, 15) is 5.21 Å². The van der Waals surface area contributed by atoms with Gasteiger partial charge in [-0.05, 0) is 20.8 Å². The van der Waals surface area contributed by atoms with E-state index >= 15 is 0 Å². The summed E-state index contributed by atoms with van der Waals surface area (Å²) in [5.41, 5.74) is -0.131. The molecule has 0 radical (unpaired) electrons. The lowest BCUT2D eigenvalue weighted by atomic mass is 10.1. The van der Waals surface area contributed by atoms with E-state index in [4.69, 9.17) is 0 Å². The zero-order chi connectivity index (χ0) is 7.49. The summed E-state index contributed by atoms with van der Waals surface area (Å²) in [4.78, 5) is 0. The molecule has 1 N–H and O–H groups in total. The third-order valence-electron chi connectivity index (χ3n) is 1.07. The van der Waals surface area contributed by atoms with Crippen LogP contribution in [0.2, 0.25) is 0 Å². The highest BCUT2D eigenvalue weighted by molar-refractivity contribution is 9.09. The highest BCUT2D eigenvalue weighted by Gasteiger charge is 2.17. The van der Waals surface area contributed by atoms with Crippen LogP contribution in [0.3, 0.4) is 0 Å². The molecule has 56 valence electrons. The summed E-state index contributed by atoms with van der Waals surface area (Å²) in [7, 11) is 0. The fourth-order valence-corrected chi connectivity index (χ4v) is 0.751. The van der Waals surface area contributed by atoms with Crippen molar-refractivity contribution in [1.29, 1.82) is 0 Å². The Morgan fingerprint density at radius 2 is 1.89 bits per heavy atom. The number of hydroxylamine groups is 2. The zero-order valence-electron chi connectivity index (χ0n) is 6.19. The summed E-state index contributed by atoms with van der Waals surface area (Å²) < 4.78 is 0. The molecule has 0 unspecified atom stereocenters. The number of alkyl halides is 1. The topological polar surface area (TPSA) is 23.5 Å². The van der Waals surface area contributed by atoms with Crippen LogP contribution in [0.5, 0.6) is 0 Å². The van der Waals surface area contributed by atoms with Crippen molar-refractivity contribution in [3.05, 3.63) is 0 Å². The number of hydrogen-bond donors (Lipinski definition) is 1. The van der Waals surface area contributed by atoms with Gasteiger partial charge in [-0.3, -0.25) is 0 Å². The first-order valence-electron chi connectivity index (χ1n) is 3.01. The molecule has 0 aromatic heterocycles. The lowest BCUT2D eigenvalue weighted by Crippen LogP contribution is -2.39. The Hall–Kier alpha value is 0.400. The maximum absolute atomic E-state index is 9.19. The molecule has 9 heavy (non-hydrogen) atoms. The second kappa shape index (κ2) is 3.54. The van der Waals surface area contributed by atoms with Crippen molar-refractivity contribution >= 4 is 15.9 Å². The molecule has 0 heterocycles. The summed E-state index contributed by atoms with van der Waals surface area (Å²) in [5.74, 6) is 0. The Balaban J connectivity index is 3.59. The van der Waals surface area contributed by atoms with E-state index in [1.165, 1.54) is 5.06 Å². The van der Waals surface area contributed by atoms with Gasteiger partial charge < -0.3 is 5.21 Å². The van der Waals surface area contributed by atoms with Crippen LogP contribution in [0.25, 0.3) is 0 Å². The minimum Gasteiger partial charge on any atom is -0.313 e. The quantitative estimate of drug-likeness (QED) is 0.538. The smallest absolute Gasteiger partial charge is 0.0376 e. The van der Waals surface area contributed by atoms with Gasteiger partial charge in [0.15, 0.2) is 0 Å². The van der Waals surface area contributed by atoms with Crippen LogP contribution in [0.4, 0.5) is 0 Å². The van der Waals surface area contributed by atoms with E-state index in [-0.39, 0.29) is 5.54 Å². The van der Waals surface area contributed by atoms with E-state index in [0.717, 1.165) is 5.33 Å². The molecule has 0 aliphatic carbocycles. The van der Waals surface area contributed by atoms with Gasteiger partial charge in [-0.2, -0.15) is 5.06 Å². The number of halogens is 1. The molecule has 0 aromatic carbocycles. The normalized spacial score (nSPS) is 12.7. The third kappa shape index (κ3) is 3.89. The fourth-order valence-electron chi connectivity index (χ4n) is 0.415. The standard InChI is InChI=1S/C6H14BrNO/c1-6(2,3)8(9)5-4-7/h9H,4-5H2,1-3H3. The summed E-state index contributed by atoms with van der Waals surface area (Å²) in [6, 6.07) is 0. The number of rotatable bonds is 2. The fraction of sp³-hybridized carbons (Fsp3) is 1.00. The van der Waals surface area contributed by atoms with E-state index < -0.39 is 0 Å². The molecular formula is C6H14BrNO. The van der Waals surface area contributed by atoms with Crippen LogP contribution in [-0.2, 0) is 0 Å². The average Bonchev–Trinajstić information content (AvgIpc) is 1.64. The Kier molecular flexibility index (Phi) is 3.70. The van der Waals surface area contributed by atoms with Gasteiger partial charge in [0, 0.05) is 17.4 Å². The third-order valence-corrected chi connectivity index (χ3v) is 1.43. The average molecular weight is 196 g/mol. The van der Waals surface area contributed by atoms with Gasteiger partial charge in [0.1, 0.15) is 0 Å². The van der Waals surface area contributed by atoms with Crippen LogP contribution in [0, 0.1) is 0 Å². The molecule has 0 atom stereocenters. The number of hydrogen-bond acceptors (Lipinski definition) is 2. The Labute approximate surface area is 64.9 Å². The van der Waals surface area contributed by atoms with E-state index in [1.807, 2.05) is 20.8 Å². The summed E-state index contributed by atoms with van der Waals surface area (Å²) in [6.45, 7) is 6.57. The molecule has 3 heteroatoms. The molecule has 0 aliphatic rings. The van der Waals surface area contributed by atoms with Gasteiger partial charge in [-0.25, -0.2) is 0 Å². The van der Waals surface area contributed by atoms with Gasteiger partial charge in [0.05, 0.1) is 0 Å². The first-order chi connectivity index (χ1) is 3.98. The summed E-state index contributed by atoms with van der Waals surface area (Å²) >= 11 is 3.24. The highest BCUT2D eigenvalue weighted by Crippen LogP contribution is 2.09. The van der Waals surface area contributed by atoms with Crippen LogP contribution in [-0.4, -0.2) is 27.7 Å². The van der Waals surface area contributed by atoms with Gasteiger partial charge in [0.25, 0.3) is 0 Å². The lowest BCUT2D eigenvalue weighted by molar-refractivity contribution is -0.150. The van der Waals surface area contributed by atoms with Crippen molar-refractivity contribution < 1.29 is 5.21 Å². The SMILES string of the molecule is CC(C)(C)N(O)CCBr. The van der Waals surface area contributed by atoms with Gasteiger partial charge in [0.2, 0.25) is 0 Å². The predicted octanol–water partition coefficient (Wildman–Crippen LogP) is 1.87. The minimum absolute atomic E-state index is 0.131. The molecule has 0 aliphatic heterocycles. The van der Waals surface area contributed by atoms with Crippen LogP contribution >= 0.6 is 15.9 Å². The van der Waals surface area contributed by atoms with Crippen molar-refractivity contribution in [3.8, 4) is 0 Å². The van der Waals surface area contributed by atoms with E-state index in [1.54, 1.807) is 0 Å². The van der Waals surface area contributed by atoms with Crippen molar-refractivity contribution in [3.63, 3.8) is 0 Å². The van der Waals surface area contributed by atoms with Crippen molar-refractivity contribution in [2.24, 2.45) is 0 Å². The molecule has 0 saturated carbocycles. The molecule has 0 fully saturated rings. The van der Waals surface area contributed by atoms with Crippen molar-refractivity contribution in [1.82, 2.24) is 5.06 Å². The second-order valence-corrected chi connectivity index (χ2v) is 3.78. The van der Waals surface area contributed by atoms with Gasteiger partial charge >= 0.3 is 0 Å². The van der Waals surface area contributed by atoms with Crippen LogP contribution < -0.4 is 0 Å². The maximum Gasteiger partial charge on any atom is 0.0376 e. The maximum atomic E-state index is 9.19. The molecule has 0 amide bonds. The molecule has 0 saturated heterocycles. The lowest BCUT2D eigenvalue weighted by Gasteiger charge is -2.28. The van der Waals surface area contributed by atoms with Gasteiger partial charge in [-0.1, -0.05) is 15.9 Å². The molecule has 0 bridgehead atoms. The Morgan fingerprint density at radius 3 is 2.00 bits per heavy atom. The molecule has 0 spiro atoms. The highest BCUT2D eigenvalue weighted by atomic mass is 79.9.